The molecule has 7 heteroatoms. The summed E-state index contributed by atoms with van der Waals surface area (Å²) < 4.78 is 31.6. The molecule has 0 aromatic heterocycles. The average Bonchev–Trinajstić information content (AvgIpc) is 0.722. The van der Waals surface area contributed by atoms with Gasteiger partial charge < -0.3 is 0 Å². The van der Waals surface area contributed by atoms with Gasteiger partial charge in [-0.1, -0.05) is 0 Å². The highest BCUT2D eigenvalue weighted by molar-refractivity contribution is 7.79. The van der Waals surface area contributed by atoms with Crippen molar-refractivity contribution in [3.05, 3.63) is 0 Å². The van der Waals surface area contributed by atoms with Crippen LogP contribution < -0.4 is 0 Å². The molecule has 0 spiro atoms. The third-order valence-corrected chi connectivity index (χ3v) is 0. The Morgan fingerprint density at radius 3 is 1.14 bits per heavy atom. The fourth-order valence-corrected chi connectivity index (χ4v) is 0. The van der Waals surface area contributed by atoms with Gasteiger partial charge in [-0.2, -0.15) is 8.42 Å². The minimum atomic E-state index is -4.67. The lowest BCUT2D eigenvalue weighted by Gasteiger charge is -1.68. The second kappa shape index (κ2) is 4.62. The summed E-state index contributed by atoms with van der Waals surface area (Å²) >= 11 is 0. The molecule has 44 valence electrons. The largest absolute Gasteiger partial charge is 0.394 e. The second-order valence-corrected chi connectivity index (χ2v) is 1.34. The molecule has 0 bridgehead atoms. The summed E-state index contributed by atoms with van der Waals surface area (Å²) in [7, 11) is -4.67. The lowest BCUT2D eigenvalue weighted by molar-refractivity contribution is 0.381. The first kappa shape index (κ1) is 15.7. The van der Waals surface area contributed by atoms with Crippen molar-refractivity contribution in [1.82, 2.24) is 0 Å². The van der Waals surface area contributed by atoms with Crippen LogP contribution in [0.15, 0.2) is 0 Å². The second-order valence-electron chi connectivity index (χ2n) is 0.448. The summed E-state index contributed by atoms with van der Waals surface area (Å²) in [6.45, 7) is 0. The van der Waals surface area contributed by atoms with Gasteiger partial charge in [0.15, 0.2) is 17.4 Å². The van der Waals surface area contributed by atoms with Crippen molar-refractivity contribution in [3.63, 3.8) is 0 Å². The van der Waals surface area contributed by atoms with E-state index in [-0.39, 0.29) is 25.8 Å². The summed E-state index contributed by atoms with van der Waals surface area (Å²) in [5.74, 6) is 0. The van der Waals surface area contributed by atoms with E-state index < -0.39 is 10.4 Å². The maximum Gasteiger partial charge on any atom is 0.394 e. The van der Waals surface area contributed by atoms with E-state index in [9.17, 15) is 0 Å². The molecule has 0 amide bonds. The van der Waals surface area contributed by atoms with E-state index in [1.165, 1.54) is 0 Å². The molecule has 0 rings (SSSR count). The van der Waals surface area contributed by atoms with Crippen LogP contribution in [0.25, 0.3) is 0 Å². The fraction of sp³-hybridized carbons (Fsp3) is 0. The van der Waals surface area contributed by atoms with E-state index in [4.69, 9.17) is 17.5 Å². The first-order valence-corrected chi connectivity index (χ1v) is 2.10. The van der Waals surface area contributed by atoms with Crippen LogP contribution in [0.5, 0.6) is 0 Å². The third kappa shape index (κ3) is 591. The van der Waals surface area contributed by atoms with Gasteiger partial charge in [0.2, 0.25) is 0 Å². The molecular formula is H8AlBO4S. The van der Waals surface area contributed by atoms with Gasteiger partial charge in [0.1, 0.15) is 0 Å². The topological polar surface area (TPSA) is 74.6 Å². The molecule has 0 radical (unpaired) electrons. The zero-order chi connectivity index (χ0) is 4.50. The van der Waals surface area contributed by atoms with Crippen molar-refractivity contribution in [1.29, 1.82) is 0 Å². The molecular weight excluding hydrogens is 134 g/mol. The highest BCUT2D eigenvalue weighted by Gasteiger charge is 1.84. The SMILES string of the molecule is B.O=S(=O)(O)O.[AlH3]. The van der Waals surface area contributed by atoms with Gasteiger partial charge in [-0.05, 0) is 0 Å². The molecule has 0 aliphatic heterocycles. The standard InChI is InChI=1S/Al.BH3.H2O4S.3H/c;;1-5(2,3)4;;;/h;1H3;(H2,1,2,3,4);;;. The van der Waals surface area contributed by atoms with E-state index in [1.807, 2.05) is 0 Å². The maximum absolute atomic E-state index is 8.74. The highest BCUT2D eigenvalue weighted by atomic mass is 32.3. The predicted octanol–water partition coefficient (Wildman–Crippen LogP) is -3.02. The van der Waals surface area contributed by atoms with Crippen molar-refractivity contribution in [3.8, 4) is 0 Å². The van der Waals surface area contributed by atoms with Crippen molar-refractivity contribution >= 4 is 36.2 Å². The minimum Gasteiger partial charge on any atom is -0.264 e. The van der Waals surface area contributed by atoms with Gasteiger partial charge in [-0.3, -0.25) is 9.11 Å². The summed E-state index contributed by atoms with van der Waals surface area (Å²) in [6.07, 6.45) is 0. The predicted molar refractivity (Wildman–Crippen MR) is 34.1 cm³/mol. The van der Waals surface area contributed by atoms with E-state index in [1.54, 1.807) is 0 Å². The molecule has 0 aromatic carbocycles. The molecule has 7 heavy (non-hydrogen) atoms. The van der Waals surface area contributed by atoms with Crippen LogP contribution in [-0.4, -0.2) is 43.3 Å². The average molecular weight is 142 g/mol. The summed E-state index contributed by atoms with van der Waals surface area (Å²) in [4.78, 5) is 0. The Bertz CT molecular complexity index is 94.9. The lowest BCUT2D eigenvalue weighted by Crippen LogP contribution is -1.89. The number of rotatable bonds is 0. The monoisotopic (exact) mass is 142 g/mol. The van der Waals surface area contributed by atoms with Crippen molar-refractivity contribution in [2.24, 2.45) is 0 Å². The van der Waals surface area contributed by atoms with Crippen LogP contribution in [-0.2, 0) is 10.4 Å². The van der Waals surface area contributed by atoms with Gasteiger partial charge >= 0.3 is 10.4 Å². The minimum absolute atomic E-state index is 0. The van der Waals surface area contributed by atoms with Gasteiger partial charge in [0, 0.05) is 0 Å². The molecule has 0 saturated carbocycles. The molecule has 4 nitrogen and oxygen atoms in total. The Balaban J connectivity index is -0.0000000800. The van der Waals surface area contributed by atoms with E-state index in [0.717, 1.165) is 0 Å². The molecule has 2 N–H and O–H groups in total. The smallest absolute Gasteiger partial charge is 0.264 e. The Kier molecular flexibility index (Phi) is 10.3. The zero-order valence-electron chi connectivity index (χ0n) is 2.12. The molecule has 0 aromatic rings. The van der Waals surface area contributed by atoms with Gasteiger partial charge in [0.05, 0.1) is 8.41 Å². The van der Waals surface area contributed by atoms with E-state index in [0.29, 0.717) is 0 Å². The quantitative estimate of drug-likeness (QED) is 0.279. The van der Waals surface area contributed by atoms with Gasteiger partial charge in [-0.15, -0.1) is 0 Å². The number of hydrogen-bond acceptors (Lipinski definition) is 2. The molecule has 0 saturated heterocycles. The Labute approximate surface area is 54.2 Å². The number of hydrogen-bond donors (Lipinski definition) is 2. The van der Waals surface area contributed by atoms with Crippen LogP contribution >= 0.6 is 0 Å². The van der Waals surface area contributed by atoms with Gasteiger partial charge in [-0.25, -0.2) is 0 Å². The van der Waals surface area contributed by atoms with Crippen LogP contribution in [0.3, 0.4) is 0 Å². The third-order valence-electron chi connectivity index (χ3n) is 0. The van der Waals surface area contributed by atoms with Crippen molar-refractivity contribution in [2.75, 3.05) is 0 Å². The van der Waals surface area contributed by atoms with Crippen molar-refractivity contribution < 1.29 is 17.5 Å². The first-order chi connectivity index (χ1) is 2.00. The molecule has 0 aliphatic carbocycles. The van der Waals surface area contributed by atoms with Gasteiger partial charge in [0.25, 0.3) is 0 Å². The molecule has 0 unspecified atom stereocenters. The summed E-state index contributed by atoms with van der Waals surface area (Å²) in [5, 5.41) is 0. The van der Waals surface area contributed by atoms with E-state index in [2.05, 4.69) is 0 Å². The zero-order valence-corrected chi connectivity index (χ0v) is 2.94. The van der Waals surface area contributed by atoms with Crippen LogP contribution in [0.1, 0.15) is 0 Å². The Morgan fingerprint density at radius 2 is 1.14 bits per heavy atom. The van der Waals surface area contributed by atoms with Crippen LogP contribution in [0.4, 0.5) is 0 Å². The van der Waals surface area contributed by atoms with Crippen LogP contribution in [0.2, 0.25) is 0 Å². The summed E-state index contributed by atoms with van der Waals surface area (Å²) in [5.41, 5.74) is 0. The molecule has 0 aliphatic rings. The molecule has 0 heterocycles. The van der Waals surface area contributed by atoms with Crippen LogP contribution in [0, 0.1) is 0 Å². The maximum atomic E-state index is 8.74. The molecule has 0 fully saturated rings. The van der Waals surface area contributed by atoms with E-state index >= 15 is 0 Å². The first-order valence-electron chi connectivity index (χ1n) is 0.698. The Morgan fingerprint density at radius 1 is 1.14 bits per heavy atom. The lowest BCUT2D eigenvalue weighted by atomic mass is 10.8. The Hall–Kier alpha value is 0.467. The normalized spacial score (nSPS) is 8.29. The fourth-order valence-electron chi connectivity index (χ4n) is 0. The van der Waals surface area contributed by atoms with Crippen molar-refractivity contribution in [2.45, 2.75) is 0 Å². The molecule has 0 atom stereocenters. The highest BCUT2D eigenvalue weighted by Crippen LogP contribution is 1.59. The summed E-state index contributed by atoms with van der Waals surface area (Å²) in [6, 6.07) is 0.